The van der Waals surface area contributed by atoms with E-state index in [2.05, 4.69) is 66.1 Å². The van der Waals surface area contributed by atoms with E-state index >= 15 is 0 Å². The van der Waals surface area contributed by atoms with E-state index in [1.807, 2.05) is 6.26 Å². The van der Waals surface area contributed by atoms with Crippen LogP contribution in [0, 0.1) is 6.92 Å². The van der Waals surface area contributed by atoms with Gasteiger partial charge in [0.15, 0.2) is 0 Å². The number of unbranched alkanes of at least 4 members (excludes halogenated alkanes) is 1. The molecular weight excluding hydrogens is 522 g/mol. The first-order chi connectivity index (χ1) is 19.4. The maximum Gasteiger partial charge on any atom is 0.242 e. The third kappa shape index (κ3) is 10.8. The number of amides is 4. The lowest BCUT2D eigenvalue weighted by Crippen LogP contribution is -2.33. The molecule has 1 atom stereocenters. The van der Waals surface area contributed by atoms with Crippen molar-refractivity contribution in [3.63, 3.8) is 0 Å². The molecule has 0 bridgehead atoms. The minimum Gasteiger partial charge on any atom is -0.356 e. The molecule has 4 amide bonds. The van der Waals surface area contributed by atoms with Crippen molar-refractivity contribution in [2.24, 2.45) is 0 Å². The fourth-order valence-electron chi connectivity index (χ4n) is 4.75. The lowest BCUT2D eigenvalue weighted by atomic mass is 10.0. The van der Waals surface area contributed by atoms with Gasteiger partial charge >= 0.3 is 0 Å². The number of nitrogens with zero attached hydrogens (tertiary/aromatic N) is 1. The van der Waals surface area contributed by atoms with Crippen LogP contribution in [-0.4, -0.2) is 59.7 Å². The molecule has 0 aromatic heterocycles. The molecule has 1 aliphatic heterocycles. The van der Waals surface area contributed by atoms with Gasteiger partial charge in [-0.3, -0.25) is 24.1 Å². The minimum absolute atomic E-state index is 0.0296. The zero-order valence-electron chi connectivity index (χ0n) is 23.9. The normalized spacial score (nSPS) is 14.9. The standard InChI is InChI=1S/C32H43N3O4S/c1-24-11-13-25(14-12-24)7-5-10-30(37)34-21-19-27-17-15-26(16-18-27)8-6-9-29(36)33-20-3-4-22-35-31(38)23-28(40-2)32(35)39/h11-18,28H,3-10,19-23H2,1-2H3,(H,33,36)(H,34,37). The third-order valence-electron chi connectivity index (χ3n) is 7.24. The highest BCUT2D eigenvalue weighted by Gasteiger charge is 2.37. The number of carbonyl (C=O) groups excluding carboxylic acids is 4. The van der Waals surface area contributed by atoms with Crippen LogP contribution in [0.1, 0.15) is 67.2 Å². The summed E-state index contributed by atoms with van der Waals surface area (Å²) in [6, 6.07) is 16.8. The molecular formula is C32H43N3O4S. The summed E-state index contributed by atoms with van der Waals surface area (Å²) in [5, 5.41) is 5.72. The van der Waals surface area contributed by atoms with Crippen LogP contribution in [0.5, 0.6) is 0 Å². The van der Waals surface area contributed by atoms with Gasteiger partial charge in [0.2, 0.25) is 23.6 Å². The Morgan fingerprint density at radius 2 is 1.30 bits per heavy atom. The molecule has 7 nitrogen and oxygen atoms in total. The molecule has 1 saturated heterocycles. The van der Waals surface area contributed by atoms with Crippen molar-refractivity contribution < 1.29 is 19.2 Å². The van der Waals surface area contributed by atoms with Gasteiger partial charge in [-0.25, -0.2) is 0 Å². The fraction of sp³-hybridized carbons (Fsp3) is 0.500. The van der Waals surface area contributed by atoms with Crippen molar-refractivity contribution in [3.8, 4) is 0 Å². The van der Waals surface area contributed by atoms with Crippen LogP contribution in [0.3, 0.4) is 0 Å². The molecule has 1 fully saturated rings. The zero-order chi connectivity index (χ0) is 28.7. The summed E-state index contributed by atoms with van der Waals surface area (Å²) >= 11 is 1.42. The average molecular weight is 566 g/mol. The largest absolute Gasteiger partial charge is 0.356 e. The van der Waals surface area contributed by atoms with Crippen molar-refractivity contribution in [2.75, 3.05) is 25.9 Å². The van der Waals surface area contributed by atoms with Gasteiger partial charge in [-0.15, -0.1) is 0 Å². The molecule has 0 radical (unpaired) electrons. The van der Waals surface area contributed by atoms with Crippen molar-refractivity contribution in [3.05, 3.63) is 70.8 Å². The Morgan fingerprint density at radius 3 is 1.85 bits per heavy atom. The van der Waals surface area contributed by atoms with E-state index in [9.17, 15) is 19.2 Å². The van der Waals surface area contributed by atoms with Crippen LogP contribution in [0.2, 0.25) is 0 Å². The van der Waals surface area contributed by atoms with Crippen molar-refractivity contribution >= 4 is 35.4 Å². The summed E-state index contributed by atoms with van der Waals surface area (Å²) in [7, 11) is 0. The minimum atomic E-state index is -0.235. The maximum absolute atomic E-state index is 12.1. The van der Waals surface area contributed by atoms with Gasteiger partial charge in [0.25, 0.3) is 0 Å². The maximum atomic E-state index is 12.1. The summed E-state index contributed by atoms with van der Waals surface area (Å²) in [6.45, 7) is 3.69. The second kappa shape index (κ2) is 16.9. The van der Waals surface area contributed by atoms with Gasteiger partial charge in [0.05, 0.1) is 5.25 Å². The summed E-state index contributed by atoms with van der Waals surface area (Å²) in [6.07, 6.45) is 8.77. The third-order valence-corrected chi connectivity index (χ3v) is 8.17. The Kier molecular flexibility index (Phi) is 13.2. The van der Waals surface area contributed by atoms with E-state index in [0.29, 0.717) is 45.3 Å². The topological polar surface area (TPSA) is 95.6 Å². The van der Waals surface area contributed by atoms with Crippen LogP contribution in [0.25, 0.3) is 0 Å². The Hall–Kier alpha value is -3.13. The van der Waals surface area contributed by atoms with Crippen molar-refractivity contribution in [1.29, 1.82) is 0 Å². The van der Waals surface area contributed by atoms with Crippen LogP contribution >= 0.6 is 11.8 Å². The van der Waals surface area contributed by atoms with Crippen LogP contribution < -0.4 is 10.6 Å². The number of carbonyl (C=O) groups is 4. The number of likely N-dealkylation sites (tertiary alicyclic amines) is 1. The van der Waals surface area contributed by atoms with Crippen LogP contribution in [0.15, 0.2) is 48.5 Å². The summed E-state index contributed by atoms with van der Waals surface area (Å²) in [5.41, 5.74) is 4.90. The number of aryl methyl sites for hydroxylation is 3. The second-order valence-electron chi connectivity index (χ2n) is 10.5. The Bertz CT molecular complexity index is 1120. The molecule has 3 rings (SSSR count). The molecule has 40 heavy (non-hydrogen) atoms. The number of hydrogen-bond acceptors (Lipinski definition) is 5. The van der Waals surface area contributed by atoms with E-state index in [0.717, 1.165) is 38.5 Å². The zero-order valence-corrected chi connectivity index (χ0v) is 24.7. The number of hydrogen-bond donors (Lipinski definition) is 2. The monoisotopic (exact) mass is 565 g/mol. The lowest BCUT2D eigenvalue weighted by molar-refractivity contribution is -0.138. The Labute approximate surface area is 242 Å². The van der Waals surface area contributed by atoms with Crippen molar-refractivity contribution in [1.82, 2.24) is 15.5 Å². The number of nitrogens with one attached hydrogen (secondary N) is 2. The predicted molar refractivity (Wildman–Crippen MR) is 161 cm³/mol. The Morgan fingerprint density at radius 1 is 0.775 bits per heavy atom. The molecule has 0 spiro atoms. The molecule has 2 aromatic rings. The smallest absolute Gasteiger partial charge is 0.242 e. The van der Waals surface area contributed by atoms with E-state index in [4.69, 9.17) is 0 Å². The molecule has 216 valence electrons. The highest BCUT2D eigenvalue weighted by molar-refractivity contribution is 8.00. The van der Waals surface area contributed by atoms with Gasteiger partial charge in [0, 0.05) is 38.9 Å². The molecule has 1 heterocycles. The highest BCUT2D eigenvalue weighted by Crippen LogP contribution is 2.23. The van der Waals surface area contributed by atoms with Gasteiger partial charge in [0.1, 0.15) is 0 Å². The van der Waals surface area contributed by atoms with Gasteiger partial charge in [-0.05, 0) is 74.8 Å². The first-order valence-corrected chi connectivity index (χ1v) is 15.7. The highest BCUT2D eigenvalue weighted by atomic mass is 32.2. The van der Waals surface area contributed by atoms with Crippen molar-refractivity contribution in [2.45, 2.75) is 76.4 Å². The van der Waals surface area contributed by atoms with Gasteiger partial charge in [-0.2, -0.15) is 11.8 Å². The SMILES string of the molecule is CSC1CC(=O)N(CCCCNC(=O)CCCc2ccc(CCNC(=O)CCCc3ccc(C)cc3)cc2)C1=O. The lowest BCUT2D eigenvalue weighted by Gasteiger charge is -2.14. The summed E-state index contributed by atoms with van der Waals surface area (Å²) < 4.78 is 0. The molecule has 1 unspecified atom stereocenters. The molecule has 0 aliphatic carbocycles. The quantitative estimate of drug-likeness (QED) is 0.219. The summed E-state index contributed by atoms with van der Waals surface area (Å²) in [5.74, 6) is -0.0417. The van der Waals surface area contributed by atoms with Crippen LogP contribution in [-0.2, 0) is 38.4 Å². The predicted octanol–water partition coefficient (Wildman–Crippen LogP) is 4.39. The number of benzene rings is 2. The van der Waals surface area contributed by atoms with E-state index in [-0.39, 0.29) is 28.9 Å². The van der Waals surface area contributed by atoms with Gasteiger partial charge in [-0.1, -0.05) is 54.1 Å². The summed E-state index contributed by atoms with van der Waals surface area (Å²) in [4.78, 5) is 49.7. The van der Waals surface area contributed by atoms with E-state index in [1.54, 1.807) is 0 Å². The molecule has 0 saturated carbocycles. The fourth-order valence-corrected chi connectivity index (χ4v) is 5.39. The first-order valence-electron chi connectivity index (χ1n) is 14.4. The van der Waals surface area contributed by atoms with Crippen LogP contribution in [0.4, 0.5) is 0 Å². The number of thioether (sulfide) groups is 1. The number of rotatable bonds is 17. The van der Waals surface area contributed by atoms with E-state index < -0.39 is 0 Å². The molecule has 1 aliphatic rings. The molecule has 2 N–H and O–H groups in total. The first kappa shape index (κ1) is 31.4. The van der Waals surface area contributed by atoms with E-state index in [1.165, 1.54) is 38.9 Å². The Balaban J connectivity index is 1.20. The van der Waals surface area contributed by atoms with Gasteiger partial charge < -0.3 is 10.6 Å². The second-order valence-corrected chi connectivity index (χ2v) is 11.5. The average Bonchev–Trinajstić information content (AvgIpc) is 3.22. The molecule has 2 aromatic carbocycles. The molecule has 8 heteroatoms. The number of imide groups is 1.